The minimum absolute atomic E-state index is 0.196. The van der Waals surface area contributed by atoms with E-state index in [0.717, 1.165) is 44.0 Å². The first-order valence-electron chi connectivity index (χ1n) is 10.1. The van der Waals surface area contributed by atoms with E-state index in [1.165, 1.54) is 4.57 Å². The zero-order chi connectivity index (χ0) is 19.8. The van der Waals surface area contributed by atoms with Crippen LogP contribution in [0.4, 0.5) is 11.6 Å². The molecular weight excluding hydrogens is 354 g/mol. The van der Waals surface area contributed by atoms with Crippen LogP contribution >= 0.6 is 0 Å². The third kappa shape index (κ3) is 2.95. The minimum atomic E-state index is -0.257. The molecule has 28 heavy (non-hydrogen) atoms. The molecule has 0 aliphatic carbocycles. The number of aryl methyl sites for hydroxylation is 1. The molecule has 0 amide bonds. The van der Waals surface area contributed by atoms with E-state index in [2.05, 4.69) is 40.4 Å². The average molecular weight is 382 g/mol. The first kappa shape index (κ1) is 18.5. The summed E-state index contributed by atoms with van der Waals surface area (Å²) in [6.07, 6.45) is 2.89. The molecule has 0 saturated carbocycles. The fraction of sp³-hybridized carbons (Fsp3) is 0.476. The summed E-state index contributed by atoms with van der Waals surface area (Å²) < 4.78 is 5.02. The van der Waals surface area contributed by atoms with Gasteiger partial charge in [-0.1, -0.05) is 44.9 Å². The van der Waals surface area contributed by atoms with Gasteiger partial charge in [0.25, 0.3) is 5.56 Å². The largest absolute Gasteiger partial charge is 0.364 e. The highest BCUT2D eigenvalue weighted by Crippen LogP contribution is 2.27. The molecule has 2 aromatic heterocycles. The van der Waals surface area contributed by atoms with Gasteiger partial charge in [0.1, 0.15) is 5.69 Å². The SMILES string of the molecule is CCCCCn1c(=O)c2c([nH]c3[n+]2C[C@@H](C)CN3c2ccccc2)n(C)c1=O. The highest BCUT2D eigenvalue weighted by Gasteiger charge is 2.35. The van der Waals surface area contributed by atoms with E-state index >= 15 is 0 Å². The number of anilines is 2. The topological polar surface area (TPSA) is 66.9 Å². The van der Waals surface area contributed by atoms with Crippen molar-refractivity contribution < 1.29 is 4.57 Å². The minimum Gasteiger partial charge on any atom is -0.267 e. The van der Waals surface area contributed by atoms with Crippen molar-refractivity contribution in [1.29, 1.82) is 0 Å². The lowest BCUT2D eigenvalue weighted by molar-refractivity contribution is -0.669. The fourth-order valence-corrected chi connectivity index (χ4v) is 4.13. The van der Waals surface area contributed by atoms with Crippen LogP contribution < -0.4 is 20.7 Å². The highest BCUT2D eigenvalue weighted by molar-refractivity contribution is 5.70. The molecule has 7 nitrogen and oxygen atoms in total. The van der Waals surface area contributed by atoms with Gasteiger partial charge in [-0.3, -0.25) is 13.9 Å². The molecule has 3 aromatic rings. The molecular formula is C21H28N5O2+. The third-order valence-corrected chi connectivity index (χ3v) is 5.58. The van der Waals surface area contributed by atoms with E-state index in [1.54, 1.807) is 11.6 Å². The van der Waals surface area contributed by atoms with Crippen molar-refractivity contribution in [3.05, 3.63) is 51.2 Å². The summed E-state index contributed by atoms with van der Waals surface area (Å²) >= 11 is 0. The number of aromatic amines is 1. The number of nitrogens with zero attached hydrogens (tertiary/aromatic N) is 4. The van der Waals surface area contributed by atoms with Crippen molar-refractivity contribution in [3.63, 3.8) is 0 Å². The molecule has 0 saturated heterocycles. The molecule has 1 N–H and O–H groups in total. The Balaban J connectivity index is 1.93. The molecule has 3 heterocycles. The van der Waals surface area contributed by atoms with Gasteiger partial charge < -0.3 is 0 Å². The first-order valence-corrected chi connectivity index (χ1v) is 10.1. The number of aromatic nitrogens is 4. The second-order valence-corrected chi connectivity index (χ2v) is 7.81. The standard InChI is InChI=1S/C21H27N5O2/c1-4-5-9-12-24-19(27)17-18(23(3)21(24)28)22-20-25(13-15(2)14-26(17)20)16-10-7-6-8-11-16/h6-8,10-11,15H,4-5,9,12-14H2,1-3H3/p+1/t15-/m0/s1. The Morgan fingerprint density at radius 3 is 2.64 bits per heavy atom. The fourth-order valence-electron chi connectivity index (χ4n) is 4.13. The lowest BCUT2D eigenvalue weighted by atomic mass is 10.1. The molecule has 1 atom stereocenters. The number of imidazole rings is 1. The normalized spacial score (nSPS) is 16.5. The number of nitrogens with one attached hydrogen (secondary N) is 1. The molecule has 0 bridgehead atoms. The number of fused-ring (bicyclic) bond motifs is 3. The maximum Gasteiger partial charge on any atom is 0.364 e. The number of unbranched alkanes of at least 4 members (excludes halogenated alkanes) is 2. The smallest absolute Gasteiger partial charge is 0.267 e. The van der Waals surface area contributed by atoms with E-state index < -0.39 is 0 Å². The molecule has 0 radical (unpaired) electrons. The van der Waals surface area contributed by atoms with Crippen molar-refractivity contribution >= 4 is 22.8 Å². The van der Waals surface area contributed by atoms with Gasteiger partial charge in [-0.25, -0.2) is 19.2 Å². The summed E-state index contributed by atoms with van der Waals surface area (Å²) in [6, 6.07) is 10.1. The quantitative estimate of drug-likeness (QED) is 0.544. The molecule has 1 aliphatic heterocycles. The van der Waals surface area contributed by atoms with Crippen LogP contribution in [-0.2, 0) is 20.1 Å². The number of H-pyrrole nitrogens is 1. The Kier molecular flexibility index (Phi) is 4.83. The molecule has 4 rings (SSSR count). The monoisotopic (exact) mass is 382 g/mol. The Morgan fingerprint density at radius 2 is 1.93 bits per heavy atom. The van der Waals surface area contributed by atoms with Gasteiger partial charge in [0.05, 0.1) is 13.1 Å². The number of benzene rings is 1. The lowest BCUT2D eigenvalue weighted by Gasteiger charge is -2.26. The number of hydrogen-bond acceptors (Lipinski definition) is 3. The molecule has 0 unspecified atom stereocenters. The molecule has 7 heteroatoms. The van der Waals surface area contributed by atoms with Gasteiger partial charge in [-0.05, 0) is 18.6 Å². The number of hydrogen-bond donors (Lipinski definition) is 1. The van der Waals surface area contributed by atoms with Gasteiger partial charge in [0.15, 0.2) is 0 Å². The second-order valence-electron chi connectivity index (χ2n) is 7.81. The zero-order valence-electron chi connectivity index (χ0n) is 16.8. The summed E-state index contributed by atoms with van der Waals surface area (Å²) in [5.41, 5.74) is 1.79. The number of rotatable bonds is 5. The highest BCUT2D eigenvalue weighted by atomic mass is 16.2. The summed E-state index contributed by atoms with van der Waals surface area (Å²) in [5, 5.41) is 0. The van der Waals surface area contributed by atoms with Gasteiger partial charge >= 0.3 is 11.6 Å². The van der Waals surface area contributed by atoms with Crippen LogP contribution in [0.15, 0.2) is 39.9 Å². The van der Waals surface area contributed by atoms with E-state index in [9.17, 15) is 9.59 Å². The predicted molar refractivity (Wildman–Crippen MR) is 110 cm³/mol. The molecule has 0 spiro atoms. The zero-order valence-corrected chi connectivity index (χ0v) is 16.8. The van der Waals surface area contributed by atoms with Gasteiger partial charge in [-0.15, -0.1) is 0 Å². The van der Waals surface area contributed by atoms with Crippen LogP contribution in [0.1, 0.15) is 33.1 Å². The number of para-hydroxylation sites is 1. The molecule has 1 aliphatic rings. The predicted octanol–water partition coefficient (Wildman–Crippen LogP) is 2.29. The average Bonchev–Trinajstić information content (AvgIpc) is 3.08. The summed E-state index contributed by atoms with van der Waals surface area (Å²) in [7, 11) is 1.74. The van der Waals surface area contributed by atoms with Crippen LogP contribution in [0.25, 0.3) is 11.2 Å². The van der Waals surface area contributed by atoms with Crippen LogP contribution in [-0.4, -0.2) is 20.7 Å². The van der Waals surface area contributed by atoms with Gasteiger partial charge in [0, 0.05) is 19.5 Å². The Bertz CT molecular complexity index is 1110. The van der Waals surface area contributed by atoms with Crippen LogP contribution in [0.5, 0.6) is 0 Å². The van der Waals surface area contributed by atoms with Gasteiger partial charge in [-0.2, -0.15) is 0 Å². The van der Waals surface area contributed by atoms with E-state index in [4.69, 9.17) is 0 Å². The summed E-state index contributed by atoms with van der Waals surface area (Å²) in [4.78, 5) is 31.6. The molecule has 148 valence electrons. The first-order chi connectivity index (χ1) is 13.5. The lowest BCUT2D eigenvalue weighted by Crippen LogP contribution is -2.52. The van der Waals surface area contributed by atoms with E-state index in [-0.39, 0.29) is 11.2 Å². The maximum absolute atomic E-state index is 13.3. The van der Waals surface area contributed by atoms with Crippen molar-refractivity contribution in [2.75, 3.05) is 11.4 Å². The Hall–Kier alpha value is -2.83. The van der Waals surface area contributed by atoms with Gasteiger partial charge in [0.2, 0.25) is 11.2 Å². The van der Waals surface area contributed by atoms with E-state index in [0.29, 0.717) is 23.6 Å². The van der Waals surface area contributed by atoms with Crippen molar-refractivity contribution in [1.82, 2.24) is 14.1 Å². The van der Waals surface area contributed by atoms with Crippen molar-refractivity contribution in [2.24, 2.45) is 13.0 Å². The van der Waals surface area contributed by atoms with Crippen LogP contribution in [0.2, 0.25) is 0 Å². The van der Waals surface area contributed by atoms with Crippen molar-refractivity contribution in [2.45, 2.75) is 46.2 Å². The summed E-state index contributed by atoms with van der Waals surface area (Å²) in [5.74, 6) is 1.24. The third-order valence-electron chi connectivity index (χ3n) is 5.58. The second kappa shape index (κ2) is 7.30. The van der Waals surface area contributed by atoms with Crippen LogP contribution in [0, 0.1) is 5.92 Å². The van der Waals surface area contributed by atoms with Crippen LogP contribution in [0.3, 0.4) is 0 Å². The Labute approximate surface area is 163 Å². The maximum atomic E-state index is 13.3. The van der Waals surface area contributed by atoms with Crippen molar-refractivity contribution in [3.8, 4) is 0 Å². The summed E-state index contributed by atoms with van der Waals surface area (Å²) in [6.45, 7) is 6.37. The Morgan fingerprint density at radius 1 is 1.18 bits per heavy atom. The molecule has 1 aromatic carbocycles. The van der Waals surface area contributed by atoms with E-state index in [1.807, 2.05) is 18.2 Å². The molecule has 0 fully saturated rings.